The zero-order chi connectivity index (χ0) is 31.9. The quantitative estimate of drug-likeness (QED) is 0.346. The summed E-state index contributed by atoms with van der Waals surface area (Å²) in [6, 6.07) is 17.2. The molecule has 2 aliphatic rings. The first-order valence-corrected chi connectivity index (χ1v) is 15.0. The standard InChI is InChI=1S/C30H30F3N3O7S/c1-29(2,3)43-28(38)35-17-19(16-34-44(39,40)21-14-12-20(13-15-21)42-30(31,32)33)27(37)24(18-35)36-22-8-4-6-10-25(22)41-26-11-7-5-9-23(26)36/h4-16,19,24,27,37H,17-18H2,1-3H3/b34-16-/t19?,24-,27-/m0/s1. The number of halogens is 3. The van der Waals surface area contributed by atoms with E-state index in [0.29, 0.717) is 22.9 Å². The molecule has 1 amide bonds. The van der Waals surface area contributed by atoms with Gasteiger partial charge in [-0.15, -0.1) is 13.2 Å². The fourth-order valence-electron chi connectivity index (χ4n) is 5.02. The van der Waals surface area contributed by atoms with Gasteiger partial charge in [0.05, 0.1) is 28.4 Å². The third-order valence-corrected chi connectivity index (χ3v) is 8.14. The highest BCUT2D eigenvalue weighted by Crippen LogP contribution is 2.48. The Morgan fingerprint density at radius 1 is 0.955 bits per heavy atom. The van der Waals surface area contributed by atoms with Crippen molar-refractivity contribution >= 4 is 33.7 Å². The van der Waals surface area contributed by atoms with Gasteiger partial charge in [0.1, 0.15) is 11.4 Å². The molecule has 44 heavy (non-hydrogen) atoms. The maximum atomic E-state index is 13.3. The Morgan fingerprint density at radius 2 is 1.52 bits per heavy atom. The Kier molecular flexibility index (Phi) is 8.25. The van der Waals surface area contributed by atoms with Gasteiger partial charge in [-0.3, -0.25) is 0 Å². The van der Waals surface area contributed by atoms with Crippen molar-refractivity contribution in [3.63, 3.8) is 0 Å². The second-order valence-corrected chi connectivity index (χ2v) is 12.9. The number of piperidine rings is 1. The summed E-state index contributed by atoms with van der Waals surface area (Å²) in [5.41, 5.74) is 0.437. The summed E-state index contributed by atoms with van der Waals surface area (Å²) in [5.74, 6) is -0.520. The Morgan fingerprint density at radius 3 is 2.07 bits per heavy atom. The molecule has 10 nitrogen and oxygen atoms in total. The predicted octanol–water partition coefficient (Wildman–Crippen LogP) is 5.89. The third kappa shape index (κ3) is 6.91. The number of sulfonamides is 1. The van der Waals surface area contributed by atoms with Crippen LogP contribution in [-0.4, -0.2) is 67.9 Å². The Hall–Kier alpha value is -4.30. The first kappa shape index (κ1) is 31.1. The van der Waals surface area contributed by atoms with E-state index >= 15 is 0 Å². The lowest BCUT2D eigenvalue weighted by Gasteiger charge is -2.47. The lowest BCUT2D eigenvalue weighted by atomic mass is 9.89. The van der Waals surface area contributed by atoms with Crippen LogP contribution in [0.5, 0.6) is 17.2 Å². The minimum absolute atomic E-state index is 0.0243. The van der Waals surface area contributed by atoms with Crippen molar-refractivity contribution in [1.29, 1.82) is 0 Å². The molecule has 2 aliphatic heterocycles. The number of nitrogens with zero attached hydrogens (tertiary/aromatic N) is 3. The van der Waals surface area contributed by atoms with Crippen LogP contribution < -0.4 is 14.4 Å². The molecule has 5 rings (SSSR count). The van der Waals surface area contributed by atoms with E-state index in [2.05, 4.69) is 9.13 Å². The number of aliphatic hydroxyl groups is 1. The number of alkyl halides is 3. The molecule has 0 spiro atoms. The molecule has 3 aromatic carbocycles. The summed E-state index contributed by atoms with van der Waals surface area (Å²) in [6.07, 6.45) is -5.78. The molecule has 0 radical (unpaired) electrons. The number of rotatable bonds is 5. The van der Waals surface area contributed by atoms with E-state index in [1.165, 1.54) is 4.90 Å². The first-order valence-electron chi connectivity index (χ1n) is 13.6. The van der Waals surface area contributed by atoms with Gasteiger partial charge in [-0.2, -0.15) is 12.8 Å². The second-order valence-electron chi connectivity index (χ2n) is 11.3. The number of likely N-dealkylation sites (tertiary alicyclic amines) is 1. The Balaban J connectivity index is 1.49. The number of anilines is 2. The van der Waals surface area contributed by atoms with Crippen molar-refractivity contribution in [3.05, 3.63) is 72.8 Å². The molecule has 1 unspecified atom stereocenters. The van der Waals surface area contributed by atoms with Gasteiger partial charge in [0.25, 0.3) is 10.0 Å². The molecular weight excluding hydrogens is 603 g/mol. The second kappa shape index (κ2) is 11.7. The highest BCUT2D eigenvalue weighted by molar-refractivity contribution is 7.90. The summed E-state index contributed by atoms with van der Waals surface area (Å²) in [5, 5.41) is 11.7. The van der Waals surface area contributed by atoms with Crippen molar-refractivity contribution in [1.82, 2.24) is 4.90 Å². The smallest absolute Gasteiger partial charge is 0.453 e. The van der Waals surface area contributed by atoms with Gasteiger partial charge >= 0.3 is 12.5 Å². The normalized spacial score (nSPS) is 20.5. The zero-order valence-electron chi connectivity index (χ0n) is 23.9. The van der Waals surface area contributed by atoms with Crippen LogP contribution in [0.15, 0.2) is 82.1 Å². The first-order chi connectivity index (χ1) is 20.6. The molecular formula is C30H30F3N3O7S. The van der Waals surface area contributed by atoms with Crippen LogP contribution in [0.3, 0.4) is 0 Å². The fraction of sp³-hybridized carbons (Fsp3) is 0.333. The molecule has 0 aromatic heterocycles. The van der Waals surface area contributed by atoms with E-state index in [9.17, 15) is 31.5 Å². The molecule has 3 atom stereocenters. The lowest BCUT2D eigenvalue weighted by Crippen LogP contribution is -2.60. The van der Waals surface area contributed by atoms with E-state index in [-0.39, 0.29) is 18.0 Å². The molecule has 2 heterocycles. The van der Waals surface area contributed by atoms with Crippen LogP contribution >= 0.6 is 0 Å². The topological polar surface area (TPSA) is 118 Å². The molecule has 1 fully saturated rings. The summed E-state index contributed by atoms with van der Waals surface area (Å²) in [4.78, 5) is 16.1. The molecule has 1 N–H and O–H groups in total. The van der Waals surface area contributed by atoms with Crippen LogP contribution in [0.25, 0.3) is 0 Å². The number of hydrogen-bond donors (Lipinski definition) is 1. The number of ether oxygens (including phenoxy) is 3. The van der Waals surface area contributed by atoms with E-state index in [1.807, 2.05) is 17.0 Å². The van der Waals surface area contributed by atoms with Gasteiger partial charge in [0, 0.05) is 25.2 Å². The average molecular weight is 634 g/mol. The fourth-order valence-corrected chi connectivity index (χ4v) is 5.94. The van der Waals surface area contributed by atoms with Crippen LogP contribution in [-0.2, 0) is 14.8 Å². The number of benzene rings is 3. The van der Waals surface area contributed by atoms with Crippen LogP contribution in [0.2, 0.25) is 0 Å². The van der Waals surface area contributed by atoms with Crippen molar-refractivity contribution in [2.24, 2.45) is 10.3 Å². The SMILES string of the molecule is CC(C)(C)OC(=O)N1CC(/C=N\S(=O)(=O)c2ccc(OC(F)(F)F)cc2)[C@H](O)[C@@H](N2c3ccccc3Oc3ccccc32)C1. The summed E-state index contributed by atoms with van der Waals surface area (Å²) in [6.45, 7) is 5.05. The van der Waals surface area contributed by atoms with Crippen LogP contribution in [0.1, 0.15) is 20.8 Å². The molecule has 0 saturated carbocycles. The van der Waals surface area contributed by atoms with E-state index in [4.69, 9.17) is 9.47 Å². The van der Waals surface area contributed by atoms with E-state index < -0.39 is 51.9 Å². The number of amides is 1. The third-order valence-electron chi connectivity index (χ3n) is 6.87. The largest absolute Gasteiger partial charge is 0.573 e. The van der Waals surface area contributed by atoms with E-state index in [1.54, 1.807) is 57.2 Å². The number of aliphatic hydroxyl groups excluding tert-OH is 1. The van der Waals surface area contributed by atoms with Crippen molar-refractivity contribution in [2.75, 3.05) is 18.0 Å². The zero-order valence-corrected chi connectivity index (χ0v) is 24.7. The molecule has 0 aliphatic carbocycles. The van der Waals surface area contributed by atoms with Gasteiger partial charge in [-0.1, -0.05) is 24.3 Å². The predicted molar refractivity (Wildman–Crippen MR) is 155 cm³/mol. The minimum Gasteiger partial charge on any atom is -0.453 e. The van der Waals surface area contributed by atoms with Gasteiger partial charge in [0.2, 0.25) is 0 Å². The van der Waals surface area contributed by atoms with Crippen molar-refractivity contribution in [3.8, 4) is 17.2 Å². The number of carbonyl (C=O) groups excluding carboxylic acids is 1. The number of carbonyl (C=O) groups is 1. The molecule has 234 valence electrons. The Labute approximate surface area is 252 Å². The Bertz CT molecular complexity index is 1610. The van der Waals surface area contributed by atoms with Gasteiger partial charge < -0.3 is 29.1 Å². The van der Waals surface area contributed by atoms with E-state index in [0.717, 1.165) is 30.5 Å². The number of fused-ring (bicyclic) bond motifs is 2. The monoisotopic (exact) mass is 633 g/mol. The van der Waals surface area contributed by atoms with Crippen LogP contribution in [0, 0.1) is 5.92 Å². The maximum absolute atomic E-state index is 13.3. The van der Waals surface area contributed by atoms with Crippen LogP contribution in [0.4, 0.5) is 29.3 Å². The van der Waals surface area contributed by atoms with Gasteiger partial charge in [0.15, 0.2) is 11.5 Å². The molecule has 3 aromatic rings. The highest BCUT2D eigenvalue weighted by atomic mass is 32.2. The number of para-hydroxylation sites is 4. The highest BCUT2D eigenvalue weighted by Gasteiger charge is 2.44. The average Bonchev–Trinajstić information content (AvgIpc) is 2.94. The molecule has 1 saturated heterocycles. The molecule has 0 bridgehead atoms. The molecule has 14 heteroatoms. The van der Waals surface area contributed by atoms with Crippen molar-refractivity contribution in [2.45, 2.75) is 49.8 Å². The van der Waals surface area contributed by atoms with Gasteiger partial charge in [-0.05, 0) is 69.3 Å². The van der Waals surface area contributed by atoms with Crippen molar-refractivity contribution < 1.29 is 45.7 Å². The minimum atomic E-state index is -4.94. The maximum Gasteiger partial charge on any atom is 0.573 e. The summed E-state index contributed by atoms with van der Waals surface area (Å²) >= 11 is 0. The number of hydrogen-bond acceptors (Lipinski definition) is 8. The van der Waals surface area contributed by atoms with Gasteiger partial charge in [-0.25, -0.2) is 4.79 Å². The summed E-state index contributed by atoms with van der Waals surface area (Å²) < 4.78 is 82.8. The lowest BCUT2D eigenvalue weighted by molar-refractivity contribution is -0.274. The summed E-state index contributed by atoms with van der Waals surface area (Å²) in [7, 11) is -4.40.